The summed E-state index contributed by atoms with van der Waals surface area (Å²) < 4.78 is 26.5. The highest BCUT2D eigenvalue weighted by atomic mass is 32.2. The number of amides is 1. The second-order valence-electron chi connectivity index (χ2n) is 10.2. The van der Waals surface area contributed by atoms with E-state index in [2.05, 4.69) is 0 Å². The number of hydrogen-bond donors (Lipinski definition) is 1. The number of phenolic OH excluding ortho intramolecular Hbond substituents is 1. The van der Waals surface area contributed by atoms with Crippen LogP contribution in [-0.2, 0) is 21.2 Å². The molecule has 0 bridgehead atoms. The summed E-state index contributed by atoms with van der Waals surface area (Å²) in [6.45, 7) is 12.1. The predicted molar refractivity (Wildman–Crippen MR) is 128 cm³/mol. The SMILES string of the molecule is Cc1cc(C[C@@H](C)C(=O)N2CCC(C3CCN(S(=O)(=O)C(C)C)CC3)CC2)cc(C)c1O. The van der Waals surface area contributed by atoms with Gasteiger partial charge in [-0.05, 0) is 88.3 Å². The summed E-state index contributed by atoms with van der Waals surface area (Å²) in [5, 5.41) is 9.62. The first kappa shape index (κ1) is 25.0. The van der Waals surface area contributed by atoms with Gasteiger partial charge in [0.05, 0.1) is 5.25 Å². The van der Waals surface area contributed by atoms with Gasteiger partial charge in [0.25, 0.3) is 0 Å². The Labute approximate surface area is 194 Å². The lowest BCUT2D eigenvalue weighted by molar-refractivity contribution is -0.136. The van der Waals surface area contributed by atoms with Gasteiger partial charge in [0.1, 0.15) is 5.75 Å². The van der Waals surface area contributed by atoms with Gasteiger partial charge in [0.15, 0.2) is 0 Å². The number of rotatable bonds is 6. The molecule has 3 rings (SSSR count). The molecule has 0 radical (unpaired) electrons. The van der Waals surface area contributed by atoms with Crippen molar-refractivity contribution in [1.82, 2.24) is 9.21 Å². The summed E-state index contributed by atoms with van der Waals surface area (Å²) in [5.74, 6) is 1.61. The van der Waals surface area contributed by atoms with Gasteiger partial charge in [-0.25, -0.2) is 12.7 Å². The molecule has 2 saturated heterocycles. The molecule has 0 saturated carbocycles. The molecular formula is C25H40N2O4S. The maximum atomic E-state index is 13.0. The van der Waals surface area contributed by atoms with Crippen molar-refractivity contribution in [3.05, 3.63) is 28.8 Å². The third kappa shape index (κ3) is 5.48. The van der Waals surface area contributed by atoms with Crippen LogP contribution in [0.2, 0.25) is 0 Å². The second kappa shape index (κ2) is 10.1. The Kier molecular flexibility index (Phi) is 7.92. The minimum Gasteiger partial charge on any atom is -0.507 e. The van der Waals surface area contributed by atoms with E-state index in [0.717, 1.165) is 55.5 Å². The Bertz CT molecular complexity index is 889. The highest BCUT2D eigenvalue weighted by Crippen LogP contribution is 2.34. The summed E-state index contributed by atoms with van der Waals surface area (Å²) in [7, 11) is -3.15. The molecule has 0 unspecified atom stereocenters. The van der Waals surface area contributed by atoms with Gasteiger partial charge in [0.2, 0.25) is 15.9 Å². The molecular weight excluding hydrogens is 424 g/mol. The van der Waals surface area contributed by atoms with E-state index >= 15 is 0 Å². The highest BCUT2D eigenvalue weighted by Gasteiger charge is 2.35. The van der Waals surface area contributed by atoms with Crippen molar-refractivity contribution in [2.75, 3.05) is 26.2 Å². The third-order valence-corrected chi connectivity index (χ3v) is 9.76. The number of piperidine rings is 2. The molecule has 0 spiro atoms. The largest absolute Gasteiger partial charge is 0.507 e. The molecule has 1 aromatic carbocycles. The normalized spacial score (nSPS) is 20.6. The number of benzene rings is 1. The van der Waals surface area contributed by atoms with Crippen LogP contribution in [0.15, 0.2) is 12.1 Å². The van der Waals surface area contributed by atoms with Crippen LogP contribution < -0.4 is 0 Å². The van der Waals surface area contributed by atoms with Crippen molar-refractivity contribution in [2.45, 2.75) is 72.0 Å². The van der Waals surface area contributed by atoms with E-state index < -0.39 is 10.0 Å². The summed E-state index contributed by atoms with van der Waals surface area (Å²) in [4.78, 5) is 15.1. The van der Waals surface area contributed by atoms with E-state index in [1.807, 2.05) is 37.8 Å². The molecule has 2 fully saturated rings. The molecule has 1 N–H and O–H groups in total. The van der Waals surface area contributed by atoms with Gasteiger partial charge in [-0.2, -0.15) is 0 Å². The van der Waals surface area contributed by atoms with Crippen LogP contribution >= 0.6 is 0 Å². The van der Waals surface area contributed by atoms with Gasteiger partial charge in [0, 0.05) is 32.1 Å². The summed E-state index contributed by atoms with van der Waals surface area (Å²) in [5.41, 5.74) is 2.80. The summed E-state index contributed by atoms with van der Waals surface area (Å²) >= 11 is 0. The molecule has 180 valence electrons. The zero-order chi connectivity index (χ0) is 23.6. The number of phenols is 1. The summed E-state index contributed by atoms with van der Waals surface area (Å²) in [6.07, 6.45) is 4.57. The number of nitrogens with zero attached hydrogens (tertiary/aromatic N) is 2. The first-order valence-corrected chi connectivity index (χ1v) is 13.6. The van der Waals surface area contributed by atoms with Crippen molar-refractivity contribution in [3.8, 4) is 5.75 Å². The van der Waals surface area contributed by atoms with Crippen molar-refractivity contribution in [1.29, 1.82) is 0 Å². The van der Waals surface area contributed by atoms with Crippen LogP contribution in [0.25, 0.3) is 0 Å². The summed E-state index contributed by atoms with van der Waals surface area (Å²) in [6, 6.07) is 3.95. The van der Waals surface area contributed by atoms with Gasteiger partial charge in [-0.1, -0.05) is 19.1 Å². The number of aryl methyl sites for hydroxylation is 2. The quantitative estimate of drug-likeness (QED) is 0.693. The van der Waals surface area contributed by atoms with Crippen molar-refractivity contribution in [2.24, 2.45) is 17.8 Å². The maximum absolute atomic E-state index is 13.0. The van der Waals surface area contributed by atoms with Crippen LogP contribution in [0, 0.1) is 31.6 Å². The first-order valence-electron chi connectivity index (χ1n) is 12.1. The number of carbonyl (C=O) groups is 1. The van der Waals surface area contributed by atoms with Crippen LogP contribution in [0.4, 0.5) is 0 Å². The predicted octanol–water partition coefficient (Wildman–Crippen LogP) is 3.88. The zero-order valence-electron chi connectivity index (χ0n) is 20.3. The van der Waals surface area contributed by atoms with Crippen molar-refractivity contribution < 1.29 is 18.3 Å². The van der Waals surface area contributed by atoms with Crippen LogP contribution in [0.5, 0.6) is 5.75 Å². The number of carbonyl (C=O) groups excluding carboxylic acids is 1. The Hall–Kier alpha value is -1.60. The lowest BCUT2D eigenvalue weighted by Crippen LogP contribution is -2.46. The fraction of sp³-hybridized carbons (Fsp3) is 0.720. The van der Waals surface area contributed by atoms with Crippen LogP contribution in [-0.4, -0.2) is 60.1 Å². The van der Waals surface area contributed by atoms with E-state index in [9.17, 15) is 18.3 Å². The van der Waals surface area contributed by atoms with Crippen molar-refractivity contribution >= 4 is 15.9 Å². The van der Waals surface area contributed by atoms with Gasteiger partial charge in [-0.3, -0.25) is 4.79 Å². The lowest BCUT2D eigenvalue weighted by Gasteiger charge is -2.40. The number of likely N-dealkylation sites (tertiary alicyclic amines) is 1. The molecule has 1 atom stereocenters. The minimum atomic E-state index is -3.15. The number of aromatic hydroxyl groups is 1. The second-order valence-corrected chi connectivity index (χ2v) is 12.7. The third-order valence-electron chi connectivity index (χ3n) is 7.49. The first-order chi connectivity index (χ1) is 15.0. The standard InChI is InChI=1S/C25H40N2O4S/c1-17(2)32(30,31)27-12-8-23(9-13-27)22-6-10-26(11-7-22)25(29)20(5)16-21-14-18(3)24(28)19(4)15-21/h14-15,17,20,22-23,28H,6-13,16H2,1-5H3/t20-/m1/s1. The monoisotopic (exact) mass is 464 g/mol. The van der Waals surface area contributed by atoms with Crippen LogP contribution in [0.3, 0.4) is 0 Å². The van der Waals surface area contributed by atoms with E-state index in [-0.39, 0.29) is 17.1 Å². The Morgan fingerprint density at radius 2 is 1.44 bits per heavy atom. The van der Waals surface area contributed by atoms with E-state index in [1.54, 1.807) is 18.2 Å². The molecule has 2 aliphatic heterocycles. The zero-order valence-corrected chi connectivity index (χ0v) is 21.1. The fourth-order valence-corrected chi connectivity index (χ4v) is 6.72. The van der Waals surface area contributed by atoms with Gasteiger partial charge < -0.3 is 10.0 Å². The molecule has 0 aromatic heterocycles. The fourth-order valence-electron chi connectivity index (χ4n) is 5.41. The average molecular weight is 465 g/mol. The maximum Gasteiger partial charge on any atom is 0.225 e. The Balaban J connectivity index is 1.49. The topological polar surface area (TPSA) is 77.9 Å². The van der Waals surface area contributed by atoms with Gasteiger partial charge >= 0.3 is 0 Å². The molecule has 1 amide bonds. The molecule has 0 aliphatic carbocycles. The smallest absolute Gasteiger partial charge is 0.225 e. The van der Waals surface area contributed by atoms with E-state index in [1.165, 1.54) is 0 Å². The Morgan fingerprint density at radius 3 is 1.91 bits per heavy atom. The van der Waals surface area contributed by atoms with Crippen LogP contribution in [0.1, 0.15) is 63.1 Å². The molecule has 32 heavy (non-hydrogen) atoms. The van der Waals surface area contributed by atoms with E-state index in [4.69, 9.17) is 0 Å². The molecule has 2 heterocycles. The lowest BCUT2D eigenvalue weighted by atomic mass is 9.79. The highest BCUT2D eigenvalue weighted by molar-refractivity contribution is 7.89. The molecule has 1 aromatic rings. The number of sulfonamides is 1. The number of hydrogen-bond acceptors (Lipinski definition) is 4. The average Bonchev–Trinajstić information content (AvgIpc) is 2.77. The minimum absolute atomic E-state index is 0.0839. The molecule has 6 nitrogen and oxygen atoms in total. The Morgan fingerprint density at radius 1 is 0.969 bits per heavy atom. The van der Waals surface area contributed by atoms with E-state index in [0.29, 0.717) is 37.1 Å². The molecule has 2 aliphatic rings. The van der Waals surface area contributed by atoms with Crippen molar-refractivity contribution in [3.63, 3.8) is 0 Å². The molecule has 7 heteroatoms. The van der Waals surface area contributed by atoms with Gasteiger partial charge in [-0.15, -0.1) is 0 Å².